The highest BCUT2D eigenvalue weighted by Gasteiger charge is 2.18. The first-order valence-electron chi connectivity index (χ1n) is 5.92. The zero-order valence-corrected chi connectivity index (χ0v) is 11.2. The third-order valence-electron chi connectivity index (χ3n) is 2.41. The van der Waals surface area contributed by atoms with E-state index in [-0.39, 0.29) is 12.3 Å². The van der Waals surface area contributed by atoms with Gasteiger partial charge in [-0.15, -0.1) is 5.10 Å². The van der Waals surface area contributed by atoms with Crippen molar-refractivity contribution in [1.29, 1.82) is 0 Å². The summed E-state index contributed by atoms with van der Waals surface area (Å²) in [4.78, 5) is 10.9. The van der Waals surface area contributed by atoms with Gasteiger partial charge in [0.25, 0.3) is 0 Å². The van der Waals surface area contributed by atoms with Crippen LogP contribution in [-0.2, 0) is 27.4 Å². The number of hydrogen-bond acceptors (Lipinski definition) is 6. The van der Waals surface area contributed by atoms with E-state index in [9.17, 15) is 4.79 Å². The minimum Gasteiger partial charge on any atom is -0.476 e. The zero-order valence-electron chi connectivity index (χ0n) is 11.2. The molecule has 0 saturated carbocycles. The van der Waals surface area contributed by atoms with Crippen LogP contribution in [0.4, 0.5) is 0 Å². The van der Waals surface area contributed by atoms with E-state index < -0.39 is 5.97 Å². The molecule has 0 bridgehead atoms. The van der Waals surface area contributed by atoms with Crippen molar-refractivity contribution in [2.24, 2.45) is 0 Å². The molecule has 1 N–H and O–H groups in total. The summed E-state index contributed by atoms with van der Waals surface area (Å²) in [6.45, 7) is 2.27. The Morgan fingerprint density at radius 2 is 2.05 bits per heavy atom. The summed E-state index contributed by atoms with van der Waals surface area (Å²) < 4.78 is 16.7. The Kier molecular flexibility index (Phi) is 7.01. The van der Waals surface area contributed by atoms with Crippen molar-refractivity contribution in [2.45, 2.75) is 19.6 Å². The van der Waals surface area contributed by atoms with Crippen molar-refractivity contribution in [3.63, 3.8) is 0 Å². The molecule has 0 fully saturated rings. The van der Waals surface area contributed by atoms with Crippen LogP contribution in [0.5, 0.6) is 0 Å². The fourth-order valence-electron chi connectivity index (χ4n) is 1.52. The summed E-state index contributed by atoms with van der Waals surface area (Å²) in [5.74, 6) is -1.11. The van der Waals surface area contributed by atoms with Crippen LogP contribution in [0, 0.1) is 0 Å². The van der Waals surface area contributed by atoms with Crippen LogP contribution in [0.2, 0.25) is 0 Å². The Balaban J connectivity index is 2.46. The van der Waals surface area contributed by atoms with Gasteiger partial charge in [-0.25, -0.2) is 9.48 Å². The van der Waals surface area contributed by atoms with Gasteiger partial charge in [0.05, 0.1) is 25.5 Å². The number of carbonyl (C=O) groups is 1. The van der Waals surface area contributed by atoms with E-state index in [1.807, 2.05) is 0 Å². The molecule has 0 atom stereocenters. The number of methoxy groups -OCH3 is 2. The third kappa shape index (κ3) is 4.93. The standard InChI is InChI=1S/C11H19N3O5/c1-17-5-3-6-19-7-4-14-9(8-18-2)10(11(15)16)12-13-14/h3-8H2,1-2H3,(H,15,16). The number of carboxylic acid groups (broad SMARTS) is 1. The van der Waals surface area contributed by atoms with Crippen LogP contribution in [0.25, 0.3) is 0 Å². The first-order valence-corrected chi connectivity index (χ1v) is 5.92. The van der Waals surface area contributed by atoms with Crippen molar-refractivity contribution in [3.8, 4) is 0 Å². The molecule has 0 amide bonds. The van der Waals surface area contributed by atoms with Crippen LogP contribution in [-0.4, -0.2) is 60.1 Å². The van der Waals surface area contributed by atoms with E-state index >= 15 is 0 Å². The smallest absolute Gasteiger partial charge is 0.358 e. The maximum absolute atomic E-state index is 10.9. The van der Waals surface area contributed by atoms with Gasteiger partial charge < -0.3 is 19.3 Å². The maximum atomic E-state index is 10.9. The van der Waals surface area contributed by atoms with Crippen LogP contribution >= 0.6 is 0 Å². The van der Waals surface area contributed by atoms with Crippen molar-refractivity contribution in [2.75, 3.05) is 34.0 Å². The molecule has 0 unspecified atom stereocenters. The molecule has 8 nitrogen and oxygen atoms in total. The predicted octanol–water partition coefficient (Wildman–Crippen LogP) is 0.176. The lowest BCUT2D eigenvalue weighted by molar-refractivity contribution is 0.0683. The number of nitrogens with zero attached hydrogens (tertiary/aromatic N) is 3. The topological polar surface area (TPSA) is 95.7 Å². The van der Waals surface area contributed by atoms with Gasteiger partial charge in [-0.3, -0.25) is 0 Å². The summed E-state index contributed by atoms with van der Waals surface area (Å²) in [5.41, 5.74) is 0.358. The van der Waals surface area contributed by atoms with Crippen LogP contribution in [0.1, 0.15) is 22.6 Å². The first-order chi connectivity index (χ1) is 9.20. The molecule has 1 aromatic heterocycles. The lowest BCUT2D eigenvalue weighted by atomic mass is 10.3. The van der Waals surface area contributed by atoms with Crippen LogP contribution in [0.15, 0.2) is 0 Å². The van der Waals surface area contributed by atoms with Crippen LogP contribution < -0.4 is 0 Å². The summed E-state index contributed by atoms with van der Waals surface area (Å²) >= 11 is 0. The molecule has 19 heavy (non-hydrogen) atoms. The van der Waals surface area contributed by atoms with Gasteiger partial charge >= 0.3 is 5.97 Å². The minimum atomic E-state index is -1.11. The largest absolute Gasteiger partial charge is 0.476 e. The van der Waals surface area contributed by atoms with Gasteiger partial charge in [0.1, 0.15) is 0 Å². The molecule has 108 valence electrons. The summed E-state index contributed by atoms with van der Waals surface area (Å²) in [6.07, 6.45) is 0.819. The SMILES string of the molecule is COCCCOCCn1nnc(C(=O)O)c1COC. The molecule has 0 radical (unpaired) electrons. The Morgan fingerprint density at radius 3 is 2.68 bits per heavy atom. The van der Waals surface area contributed by atoms with E-state index in [4.69, 9.17) is 19.3 Å². The number of rotatable bonds is 10. The van der Waals surface area contributed by atoms with E-state index in [0.717, 1.165) is 6.42 Å². The summed E-state index contributed by atoms with van der Waals surface area (Å²) in [6, 6.07) is 0. The minimum absolute atomic E-state index is 0.0822. The second-order valence-corrected chi connectivity index (χ2v) is 3.80. The average molecular weight is 273 g/mol. The monoisotopic (exact) mass is 273 g/mol. The molecule has 0 aromatic carbocycles. The van der Waals surface area contributed by atoms with Gasteiger partial charge in [0.2, 0.25) is 0 Å². The van der Waals surface area contributed by atoms with Gasteiger partial charge in [-0.2, -0.15) is 0 Å². The van der Waals surface area contributed by atoms with Crippen molar-refractivity contribution < 1.29 is 24.1 Å². The normalized spacial score (nSPS) is 10.8. The Morgan fingerprint density at radius 1 is 1.26 bits per heavy atom. The molecule has 0 saturated heterocycles. The number of hydrogen-bond donors (Lipinski definition) is 1. The van der Waals surface area contributed by atoms with Gasteiger partial charge in [0.15, 0.2) is 5.69 Å². The lowest BCUT2D eigenvalue weighted by Crippen LogP contribution is -2.13. The molecule has 1 aromatic rings. The zero-order chi connectivity index (χ0) is 14.1. The van der Waals surface area contributed by atoms with E-state index in [2.05, 4.69) is 10.3 Å². The predicted molar refractivity (Wildman–Crippen MR) is 65.0 cm³/mol. The second-order valence-electron chi connectivity index (χ2n) is 3.80. The fraction of sp³-hybridized carbons (Fsp3) is 0.727. The molecule has 8 heteroatoms. The summed E-state index contributed by atoms with van der Waals surface area (Å²) in [5, 5.41) is 16.4. The third-order valence-corrected chi connectivity index (χ3v) is 2.41. The molecule has 1 rings (SSSR count). The average Bonchev–Trinajstić information content (AvgIpc) is 2.77. The Hall–Kier alpha value is -1.51. The van der Waals surface area contributed by atoms with E-state index in [1.54, 1.807) is 7.11 Å². The number of aromatic nitrogens is 3. The quantitative estimate of drug-likeness (QED) is 0.607. The number of aromatic carboxylic acids is 1. The highest BCUT2D eigenvalue weighted by Crippen LogP contribution is 2.07. The number of carboxylic acids is 1. The van der Waals surface area contributed by atoms with E-state index in [1.165, 1.54) is 11.8 Å². The highest BCUT2D eigenvalue weighted by molar-refractivity contribution is 5.86. The maximum Gasteiger partial charge on any atom is 0.358 e. The first kappa shape index (κ1) is 15.5. The second kappa shape index (κ2) is 8.57. The Labute approximate surface area is 111 Å². The van der Waals surface area contributed by atoms with E-state index in [0.29, 0.717) is 32.1 Å². The molecule has 0 aliphatic carbocycles. The molecule has 0 spiro atoms. The van der Waals surface area contributed by atoms with Gasteiger partial charge in [-0.1, -0.05) is 5.21 Å². The van der Waals surface area contributed by atoms with Gasteiger partial charge in [0, 0.05) is 27.4 Å². The molecule has 1 heterocycles. The van der Waals surface area contributed by atoms with Crippen molar-refractivity contribution >= 4 is 5.97 Å². The molecular formula is C11H19N3O5. The molecule has 0 aliphatic rings. The lowest BCUT2D eigenvalue weighted by Gasteiger charge is -2.07. The molecular weight excluding hydrogens is 254 g/mol. The van der Waals surface area contributed by atoms with Gasteiger partial charge in [-0.05, 0) is 6.42 Å². The number of ether oxygens (including phenoxy) is 3. The van der Waals surface area contributed by atoms with Crippen molar-refractivity contribution in [3.05, 3.63) is 11.4 Å². The fourth-order valence-corrected chi connectivity index (χ4v) is 1.52. The van der Waals surface area contributed by atoms with Crippen molar-refractivity contribution in [1.82, 2.24) is 15.0 Å². The van der Waals surface area contributed by atoms with Crippen LogP contribution in [0.3, 0.4) is 0 Å². The highest BCUT2D eigenvalue weighted by atomic mass is 16.5. The Bertz CT molecular complexity index is 394. The summed E-state index contributed by atoms with van der Waals surface area (Å²) in [7, 11) is 3.13. The molecule has 0 aliphatic heterocycles.